The van der Waals surface area contributed by atoms with Crippen molar-refractivity contribution in [1.82, 2.24) is 0 Å². The molecule has 0 aliphatic rings. The van der Waals surface area contributed by atoms with Gasteiger partial charge in [0.15, 0.2) is 0 Å². The van der Waals surface area contributed by atoms with E-state index >= 15 is 0 Å². The maximum absolute atomic E-state index is 11.0. The van der Waals surface area contributed by atoms with Gasteiger partial charge in [0.05, 0.1) is 6.61 Å². The summed E-state index contributed by atoms with van der Waals surface area (Å²) in [7, 11) is -4.62. The second kappa shape index (κ2) is 38.1. The van der Waals surface area contributed by atoms with E-state index in [0.29, 0.717) is 0 Å². The SMILES string of the molecule is CCCCCCCCCCCCCCCCCC/C=C/C(CCCCCCCCCCCCCCCC)COS(=O)(=O)[O-].[Na+]. The van der Waals surface area contributed by atoms with Crippen LogP contribution in [-0.4, -0.2) is 19.6 Å². The summed E-state index contributed by atoms with van der Waals surface area (Å²) in [5.41, 5.74) is 0. The first-order valence-corrected chi connectivity index (χ1v) is 20.6. The molecular weight excluding hydrogens is 575 g/mol. The van der Waals surface area contributed by atoms with E-state index in [1.54, 1.807) is 0 Å². The van der Waals surface area contributed by atoms with Crippen molar-refractivity contribution < 1.29 is 46.7 Å². The van der Waals surface area contributed by atoms with Gasteiger partial charge in [-0.2, -0.15) is 0 Å². The Morgan fingerprint density at radius 2 is 0.795 bits per heavy atom. The summed E-state index contributed by atoms with van der Waals surface area (Å²) in [6.45, 7) is 4.54. The Morgan fingerprint density at radius 3 is 1.11 bits per heavy atom. The molecule has 0 spiro atoms. The van der Waals surface area contributed by atoms with Crippen molar-refractivity contribution in [2.24, 2.45) is 5.92 Å². The Hall–Kier alpha value is 0.610. The van der Waals surface area contributed by atoms with Crippen LogP contribution in [-0.2, 0) is 14.6 Å². The number of hydrogen-bond donors (Lipinski definition) is 0. The number of rotatable bonds is 36. The van der Waals surface area contributed by atoms with Crippen LogP contribution in [0.3, 0.4) is 0 Å². The number of allylic oxidation sites excluding steroid dienone is 1. The Morgan fingerprint density at radius 1 is 0.500 bits per heavy atom. The minimum Gasteiger partial charge on any atom is -0.726 e. The third kappa shape index (κ3) is 40.6. The van der Waals surface area contributed by atoms with Crippen molar-refractivity contribution in [3.8, 4) is 0 Å². The first-order chi connectivity index (χ1) is 21.0. The molecule has 0 aromatic rings. The molecular formula is C38H75NaO4S. The van der Waals surface area contributed by atoms with Gasteiger partial charge in [0.25, 0.3) is 0 Å². The van der Waals surface area contributed by atoms with Gasteiger partial charge in [-0.1, -0.05) is 212 Å². The van der Waals surface area contributed by atoms with E-state index in [0.717, 1.165) is 19.3 Å². The monoisotopic (exact) mass is 651 g/mol. The van der Waals surface area contributed by atoms with Gasteiger partial charge in [-0.15, -0.1) is 0 Å². The first kappa shape index (κ1) is 46.7. The van der Waals surface area contributed by atoms with Gasteiger partial charge in [-0.25, -0.2) is 8.42 Å². The van der Waals surface area contributed by atoms with E-state index in [4.69, 9.17) is 0 Å². The van der Waals surface area contributed by atoms with Crippen LogP contribution in [0, 0.1) is 5.92 Å². The molecule has 0 radical (unpaired) electrons. The summed E-state index contributed by atoms with van der Waals surface area (Å²) in [6, 6.07) is 0. The van der Waals surface area contributed by atoms with Gasteiger partial charge in [0.2, 0.25) is 10.4 Å². The Bertz CT molecular complexity index is 668. The predicted octanol–water partition coefficient (Wildman–Crippen LogP) is 10.2. The van der Waals surface area contributed by atoms with Crippen molar-refractivity contribution in [3.63, 3.8) is 0 Å². The van der Waals surface area contributed by atoms with Crippen molar-refractivity contribution in [3.05, 3.63) is 12.2 Å². The van der Waals surface area contributed by atoms with Gasteiger partial charge < -0.3 is 4.55 Å². The molecule has 4 nitrogen and oxygen atoms in total. The molecule has 0 heterocycles. The molecule has 0 amide bonds. The van der Waals surface area contributed by atoms with Crippen molar-refractivity contribution in [2.45, 2.75) is 219 Å². The fourth-order valence-electron chi connectivity index (χ4n) is 6.11. The van der Waals surface area contributed by atoms with Crippen LogP contribution in [0.2, 0.25) is 0 Å². The summed E-state index contributed by atoms with van der Waals surface area (Å²) in [5.74, 6) is 0.0158. The quantitative estimate of drug-likeness (QED) is 0.0223. The molecule has 1 unspecified atom stereocenters. The molecule has 0 fully saturated rings. The summed E-state index contributed by atoms with van der Waals surface area (Å²) in [5, 5.41) is 0. The van der Waals surface area contributed by atoms with Crippen LogP contribution in [0.15, 0.2) is 12.2 Å². The molecule has 0 bridgehead atoms. The zero-order chi connectivity index (χ0) is 31.5. The molecule has 0 aromatic carbocycles. The fourth-order valence-corrected chi connectivity index (χ4v) is 6.45. The third-order valence-corrected chi connectivity index (χ3v) is 9.41. The van der Waals surface area contributed by atoms with Crippen LogP contribution in [0.25, 0.3) is 0 Å². The van der Waals surface area contributed by atoms with E-state index in [1.807, 2.05) is 0 Å². The number of unbranched alkanes of at least 4 members (excludes halogenated alkanes) is 29. The van der Waals surface area contributed by atoms with Crippen LogP contribution < -0.4 is 29.6 Å². The summed E-state index contributed by atoms with van der Waals surface area (Å²) in [4.78, 5) is 0. The summed E-state index contributed by atoms with van der Waals surface area (Å²) in [6.07, 6.45) is 46.8. The van der Waals surface area contributed by atoms with Gasteiger partial charge in [-0.3, -0.25) is 4.18 Å². The molecule has 0 saturated carbocycles. The molecule has 44 heavy (non-hydrogen) atoms. The second-order valence-electron chi connectivity index (χ2n) is 13.4. The molecule has 1 atom stereocenters. The Kier molecular flexibility index (Phi) is 40.4. The molecule has 0 rings (SSSR count). The van der Waals surface area contributed by atoms with E-state index in [2.05, 4.69) is 30.2 Å². The molecule has 258 valence electrons. The number of hydrogen-bond acceptors (Lipinski definition) is 4. The van der Waals surface area contributed by atoms with E-state index in [1.165, 1.54) is 186 Å². The van der Waals surface area contributed by atoms with Crippen molar-refractivity contribution >= 4 is 10.4 Å². The standard InChI is InChI=1S/C38H76O4S.Na/c1-3-5-7-9-11-13-15-17-19-20-21-22-24-26-28-30-32-34-36-38(37-42-43(39,40)41)35-33-31-29-27-25-23-18-16-14-12-10-8-6-4-2;/h34,36,38H,3-33,35,37H2,1-2H3,(H,39,40,41);/q;+1/p-1/b36-34+;. The van der Waals surface area contributed by atoms with E-state index in [9.17, 15) is 13.0 Å². The molecule has 0 aliphatic heterocycles. The van der Waals surface area contributed by atoms with Crippen LogP contribution >= 0.6 is 0 Å². The van der Waals surface area contributed by atoms with Gasteiger partial charge in [0.1, 0.15) is 0 Å². The van der Waals surface area contributed by atoms with Crippen LogP contribution in [0.1, 0.15) is 219 Å². The topological polar surface area (TPSA) is 66.4 Å². The van der Waals surface area contributed by atoms with Crippen LogP contribution in [0.4, 0.5) is 0 Å². The Balaban J connectivity index is 0. The second-order valence-corrected chi connectivity index (χ2v) is 14.4. The largest absolute Gasteiger partial charge is 1.00 e. The summed E-state index contributed by atoms with van der Waals surface area (Å²) >= 11 is 0. The fraction of sp³-hybridized carbons (Fsp3) is 0.947. The van der Waals surface area contributed by atoms with E-state index < -0.39 is 10.4 Å². The predicted molar refractivity (Wildman–Crippen MR) is 187 cm³/mol. The molecule has 0 saturated heterocycles. The Labute approximate surface area is 299 Å². The van der Waals surface area contributed by atoms with Crippen LogP contribution in [0.5, 0.6) is 0 Å². The van der Waals surface area contributed by atoms with Gasteiger partial charge in [0, 0.05) is 5.92 Å². The van der Waals surface area contributed by atoms with Crippen molar-refractivity contribution in [2.75, 3.05) is 6.61 Å². The van der Waals surface area contributed by atoms with Crippen molar-refractivity contribution in [1.29, 1.82) is 0 Å². The van der Waals surface area contributed by atoms with Gasteiger partial charge >= 0.3 is 29.6 Å². The molecule has 6 heteroatoms. The summed E-state index contributed by atoms with van der Waals surface area (Å²) < 4.78 is 37.5. The normalized spacial score (nSPS) is 12.6. The smallest absolute Gasteiger partial charge is 0.726 e. The minimum atomic E-state index is -4.62. The average Bonchev–Trinajstić information content (AvgIpc) is 2.98. The zero-order valence-electron chi connectivity index (χ0n) is 30.1. The molecule has 0 N–H and O–H groups in total. The minimum absolute atomic E-state index is 0. The van der Waals surface area contributed by atoms with Gasteiger partial charge in [-0.05, 0) is 19.3 Å². The first-order valence-electron chi connectivity index (χ1n) is 19.3. The zero-order valence-corrected chi connectivity index (χ0v) is 32.9. The molecule has 0 aliphatic carbocycles. The van der Waals surface area contributed by atoms with E-state index in [-0.39, 0.29) is 42.1 Å². The molecule has 0 aromatic heterocycles. The maximum Gasteiger partial charge on any atom is 1.00 e. The average molecular weight is 651 g/mol. The maximum atomic E-state index is 11.0. The third-order valence-electron chi connectivity index (χ3n) is 8.99.